The highest BCUT2D eigenvalue weighted by Gasteiger charge is 2.05. The Morgan fingerprint density at radius 1 is 1.24 bits per heavy atom. The van der Waals surface area contributed by atoms with Crippen LogP contribution in [0, 0.1) is 0 Å². The smallest absolute Gasteiger partial charge is 0.0928 e. The second kappa shape index (κ2) is 8.06. The molecule has 1 aromatic rings. The summed E-state index contributed by atoms with van der Waals surface area (Å²) in [5, 5.41) is 3.35. The molecule has 1 atom stereocenters. The number of methoxy groups -OCH3 is 2. The molecular weight excluding hydrogens is 216 g/mol. The molecule has 0 bridgehead atoms. The van der Waals surface area contributed by atoms with Gasteiger partial charge in [0, 0.05) is 26.5 Å². The van der Waals surface area contributed by atoms with E-state index < -0.39 is 0 Å². The Balaban J connectivity index is 2.17. The van der Waals surface area contributed by atoms with Crippen LogP contribution >= 0.6 is 0 Å². The summed E-state index contributed by atoms with van der Waals surface area (Å²) in [6.07, 6.45) is 1.11. The van der Waals surface area contributed by atoms with Crippen molar-refractivity contribution in [2.75, 3.05) is 39.6 Å². The van der Waals surface area contributed by atoms with Crippen molar-refractivity contribution in [3.05, 3.63) is 29.8 Å². The Bertz CT molecular complexity index is 301. The first-order valence-corrected chi connectivity index (χ1v) is 5.83. The van der Waals surface area contributed by atoms with Crippen molar-refractivity contribution in [2.24, 2.45) is 0 Å². The van der Waals surface area contributed by atoms with Gasteiger partial charge in [0.25, 0.3) is 0 Å². The number of hydrogen-bond donors (Lipinski definition) is 2. The number of benzene rings is 1. The molecular formula is C13H22N2O2. The van der Waals surface area contributed by atoms with Crippen LogP contribution < -0.4 is 11.1 Å². The summed E-state index contributed by atoms with van der Waals surface area (Å²) in [6.45, 7) is 2.35. The highest BCUT2D eigenvalue weighted by molar-refractivity contribution is 5.39. The minimum atomic E-state index is 0.117. The van der Waals surface area contributed by atoms with Crippen molar-refractivity contribution in [1.82, 2.24) is 5.32 Å². The van der Waals surface area contributed by atoms with Crippen LogP contribution in [0.25, 0.3) is 0 Å². The van der Waals surface area contributed by atoms with Gasteiger partial charge in [0.2, 0.25) is 0 Å². The zero-order chi connectivity index (χ0) is 12.5. The van der Waals surface area contributed by atoms with Crippen molar-refractivity contribution in [3.63, 3.8) is 0 Å². The zero-order valence-electron chi connectivity index (χ0n) is 10.6. The molecule has 4 heteroatoms. The van der Waals surface area contributed by atoms with Crippen LogP contribution in [0.4, 0.5) is 5.69 Å². The Labute approximate surface area is 103 Å². The summed E-state index contributed by atoms with van der Waals surface area (Å²) in [6, 6.07) is 7.97. The first-order chi connectivity index (χ1) is 8.26. The maximum absolute atomic E-state index is 5.63. The maximum Gasteiger partial charge on any atom is 0.0928 e. The number of anilines is 1. The number of hydrogen-bond acceptors (Lipinski definition) is 4. The molecule has 0 heterocycles. The van der Waals surface area contributed by atoms with Crippen LogP contribution in [0.2, 0.25) is 0 Å². The van der Waals surface area contributed by atoms with E-state index in [0.717, 1.165) is 25.2 Å². The van der Waals surface area contributed by atoms with Crippen LogP contribution in [0.5, 0.6) is 0 Å². The Kier molecular flexibility index (Phi) is 6.62. The minimum absolute atomic E-state index is 0.117. The van der Waals surface area contributed by atoms with E-state index in [2.05, 4.69) is 17.4 Å². The largest absolute Gasteiger partial charge is 0.399 e. The van der Waals surface area contributed by atoms with Crippen LogP contribution in [0.3, 0.4) is 0 Å². The number of rotatable bonds is 8. The summed E-state index contributed by atoms with van der Waals surface area (Å²) in [5.41, 5.74) is 7.72. The first kappa shape index (κ1) is 14.0. The van der Waals surface area contributed by atoms with Gasteiger partial charge < -0.3 is 20.5 Å². The standard InChI is InChI=1S/C13H22N2O2/c1-16-10-13(17-2)9-15-8-7-11-3-5-12(14)6-4-11/h3-6,13,15H,7-10,14H2,1-2H3. The number of nitrogens with two attached hydrogens (primary N) is 1. The van der Waals surface area contributed by atoms with Crippen molar-refractivity contribution >= 4 is 5.69 Å². The molecule has 0 amide bonds. The Morgan fingerprint density at radius 2 is 1.94 bits per heavy atom. The van der Waals surface area contributed by atoms with E-state index in [-0.39, 0.29) is 6.10 Å². The fourth-order valence-corrected chi connectivity index (χ4v) is 1.58. The lowest BCUT2D eigenvalue weighted by Gasteiger charge is -2.14. The molecule has 3 N–H and O–H groups in total. The van der Waals surface area contributed by atoms with Crippen LogP contribution in [0.15, 0.2) is 24.3 Å². The second-order valence-corrected chi connectivity index (χ2v) is 4.01. The molecule has 17 heavy (non-hydrogen) atoms. The molecule has 0 aromatic heterocycles. The molecule has 1 rings (SSSR count). The summed E-state index contributed by atoms with van der Waals surface area (Å²) < 4.78 is 10.3. The predicted octanol–water partition coefficient (Wildman–Crippen LogP) is 1.06. The molecule has 0 aliphatic heterocycles. The maximum atomic E-state index is 5.63. The average molecular weight is 238 g/mol. The van der Waals surface area contributed by atoms with Gasteiger partial charge in [-0.15, -0.1) is 0 Å². The van der Waals surface area contributed by atoms with E-state index in [9.17, 15) is 0 Å². The topological polar surface area (TPSA) is 56.5 Å². The van der Waals surface area contributed by atoms with Gasteiger partial charge in [-0.2, -0.15) is 0 Å². The summed E-state index contributed by atoms with van der Waals surface area (Å²) in [7, 11) is 3.38. The third-order valence-corrected chi connectivity index (χ3v) is 2.63. The van der Waals surface area contributed by atoms with E-state index in [1.54, 1.807) is 14.2 Å². The number of nitrogen functional groups attached to an aromatic ring is 1. The molecule has 0 aliphatic carbocycles. The third kappa shape index (κ3) is 5.68. The molecule has 0 saturated heterocycles. The summed E-state index contributed by atoms with van der Waals surface area (Å²) in [5.74, 6) is 0. The predicted molar refractivity (Wildman–Crippen MR) is 70.1 cm³/mol. The van der Waals surface area contributed by atoms with Crippen LogP contribution in [-0.2, 0) is 15.9 Å². The van der Waals surface area contributed by atoms with Crippen molar-refractivity contribution in [2.45, 2.75) is 12.5 Å². The number of nitrogens with one attached hydrogen (secondary N) is 1. The minimum Gasteiger partial charge on any atom is -0.399 e. The third-order valence-electron chi connectivity index (χ3n) is 2.63. The molecule has 0 aliphatic rings. The van der Waals surface area contributed by atoms with E-state index in [1.165, 1.54) is 5.56 Å². The van der Waals surface area contributed by atoms with Gasteiger partial charge in [-0.3, -0.25) is 0 Å². The van der Waals surface area contributed by atoms with Gasteiger partial charge in [-0.1, -0.05) is 12.1 Å². The highest BCUT2D eigenvalue weighted by atomic mass is 16.5. The first-order valence-electron chi connectivity index (χ1n) is 5.83. The summed E-state index contributed by atoms with van der Waals surface area (Å²) >= 11 is 0. The van der Waals surface area contributed by atoms with Gasteiger partial charge in [-0.05, 0) is 30.7 Å². The Morgan fingerprint density at radius 3 is 2.53 bits per heavy atom. The number of ether oxygens (including phenoxy) is 2. The molecule has 0 radical (unpaired) electrons. The molecule has 96 valence electrons. The molecule has 0 fully saturated rings. The summed E-state index contributed by atoms with van der Waals surface area (Å²) in [4.78, 5) is 0. The zero-order valence-corrected chi connectivity index (χ0v) is 10.6. The van der Waals surface area contributed by atoms with E-state index in [1.807, 2.05) is 12.1 Å². The van der Waals surface area contributed by atoms with Crippen molar-refractivity contribution in [1.29, 1.82) is 0 Å². The van der Waals surface area contributed by atoms with Crippen molar-refractivity contribution < 1.29 is 9.47 Å². The lowest BCUT2D eigenvalue weighted by molar-refractivity contribution is 0.0291. The average Bonchev–Trinajstić information content (AvgIpc) is 2.35. The lowest BCUT2D eigenvalue weighted by Crippen LogP contribution is -2.32. The van der Waals surface area contributed by atoms with Gasteiger partial charge in [-0.25, -0.2) is 0 Å². The highest BCUT2D eigenvalue weighted by Crippen LogP contribution is 2.05. The normalized spacial score (nSPS) is 12.6. The molecule has 1 aromatic carbocycles. The van der Waals surface area contributed by atoms with Crippen LogP contribution in [-0.4, -0.2) is 40.0 Å². The fraction of sp³-hybridized carbons (Fsp3) is 0.538. The monoisotopic (exact) mass is 238 g/mol. The quantitative estimate of drug-likeness (QED) is 0.525. The molecule has 1 unspecified atom stereocenters. The van der Waals surface area contributed by atoms with Crippen molar-refractivity contribution in [3.8, 4) is 0 Å². The molecule has 0 saturated carbocycles. The molecule has 4 nitrogen and oxygen atoms in total. The SMILES string of the molecule is COCC(CNCCc1ccc(N)cc1)OC. The van der Waals surface area contributed by atoms with E-state index in [4.69, 9.17) is 15.2 Å². The van der Waals surface area contributed by atoms with Crippen LogP contribution in [0.1, 0.15) is 5.56 Å². The lowest BCUT2D eigenvalue weighted by atomic mass is 10.1. The van der Waals surface area contributed by atoms with Gasteiger partial charge >= 0.3 is 0 Å². The second-order valence-electron chi connectivity index (χ2n) is 4.01. The van der Waals surface area contributed by atoms with Gasteiger partial charge in [0.05, 0.1) is 12.7 Å². The van der Waals surface area contributed by atoms with Gasteiger partial charge in [0.1, 0.15) is 0 Å². The molecule has 0 spiro atoms. The fourth-order valence-electron chi connectivity index (χ4n) is 1.58. The van der Waals surface area contributed by atoms with E-state index >= 15 is 0 Å². The van der Waals surface area contributed by atoms with E-state index in [0.29, 0.717) is 6.61 Å². The van der Waals surface area contributed by atoms with Gasteiger partial charge in [0.15, 0.2) is 0 Å². The Hall–Kier alpha value is -1.10.